The molecule has 1 heterocycles. The van der Waals surface area contributed by atoms with E-state index in [1.807, 2.05) is 19.0 Å². The molecule has 1 unspecified atom stereocenters. The lowest BCUT2D eigenvalue weighted by Crippen LogP contribution is -2.37. The van der Waals surface area contributed by atoms with Crippen LogP contribution in [0.3, 0.4) is 0 Å². The van der Waals surface area contributed by atoms with Crippen molar-refractivity contribution in [1.29, 1.82) is 5.26 Å². The van der Waals surface area contributed by atoms with E-state index in [1.54, 1.807) is 24.3 Å². The molecule has 0 spiro atoms. The Morgan fingerprint density at radius 3 is 2.18 bits per heavy atom. The van der Waals surface area contributed by atoms with Gasteiger partial charge in [0.2, 0.25) is 18.1 Å². The van der Waals surface area contributed by atoms with Gasteiger partial charge in [0, 0.05) is 31.0 Å². The monoisotopic (exact) mass is 469 g/mol. The first-order valence-electron chi connectivity index (χ1n) is 9.41. The van der Waals surface area contributed by atoms with Crippen LogP contribution in [0.25, 0.3) is 11.5 Å². The van der Waals surface area contributed by atoms with Gasteiger partial charge in [-0.05, 0) is 42.5 Å². The van der Waals surface area contributed by atoms with Crippen molar-refractivity contribution in [2.75, 3.05) is 23.9 Å². The predicted molar refractivity (Wildman–Crippen MR) is 107 cm³/mol. The van der Waals surface area contributed by atoms with Crippen molar-refractivity contribution in [3.63, 3.8) is 0 Å². The molecule has 6 nitrogen and oxygen atoms in total. The average Bonchev–Trinajstić information content (AvgIpc) is 3.24. The molecule has 0 saturated carbocycles. The largest absolute Gasteiger partial charge is 0.419 e. The molecule has 1 atom stereocenters. The summed E-state index contributed by atoms with van der Waals surface area (Å²) < 4.78 is 85.9. The third kappa shape index (κ3) is 5.36. The molecule has 3 rings (SSSR count). The highest BCUT2D eigenvalue weighted by Crippen LogP contribution is 2.36. The third-order valence-corrected chi connectivity index (χ3v) is 4.67. The van der Waals surface area contributed by atoms with Crippen molar-refractivity contribution in [2.24, 2.45) is 0 Å². The molecule has 33 heavy (non-hydrogen) atoms. The fourth-order valence-corrected chi connectivity index (χ4v) is 2.98. The minimum Gasteiger partial charge on any atom is -0.419 e. The van der Waals surface area contributed by atoms with E-state index in [9.17, 15) is 26.3 Å². The van der Waals surface area contributed by atoms with Crippen molar-refractivity contribution < 1.29 is 30.8 Å². The normalized spacial score (nSPS) is 12.5. The number of nitrogens with zero attached hydrogens (tertiary/aromatic N) is 5. The van der Waals surface area contributed by atoms with Crippen LogP contribution in [0.4, 0.5) is 37.7 Å². The third-order valence-electron chi connectivity index (χ3n) is 4.67. The number of aromatic nitrogens is 2. The van der Waals surface area contributed by atoms with Crippen molar-refractivity contribution in [3.8, 4) is 17.5 Å². The molecule has 0 N–H and O–H groups in total. The molecule has 0 amide bonds. The summed E-state index contributed by atoms with van der Waals surface area (Å²) in [4.78, 5) is 2.23. The Kier molecular flexibility index (Phi) is 6.81. The maximum Gasteiger partial charge on any atom is 0.417 e. The molecule has 0 bridgehead atoms. The first-order valence-corrected chi connectivity index (χ1v) is 9.41. The summed E-state index contributed by atoms with van der Waals surface area (Å²) >= 11 is 0. The standard InChI is InChI=1S/C21H17F6N5O/c1-31(2)14-6-3-12(4-7-14)20-30-29-17(33-20)11-32(19(24)18(22)23)15-8-5-13(10-28)16(9-15)21(25,26)27/h3-9,18-19H,11H2,1-2H3. The van der Waals surface area contributed by atoms with Crippen molar-refractivity contribution in [1.82, 2.24) is 10.2 Å². The van der Waals surface area contributed by atoms with Crippen LogP contribution in [0.5, 0.6) is 0 Å². The van der Waals surface area contributed by atoms with Crippen LogP contribution >= 0.6 is 0 Å². The smallest absolute Gasteiger partial charge is 0.417 e. The van der Waals surface area contributed by atoms with Gasteiger partial charge in [-0.2, -0.15) is 18.4 Å². The van der Waals surface area contributed by atoms with Gasteiger partial charge in [0.15, 0.2) is 0 Å². The number of hydrogen-bond donors (Lipinski definition) is 0. The van der Waals surface area contributed by atoms with E-state index >= 15 is 0 Å². The van der Waals surface area contributed by atoms with Gasteiger partial charge in [-0.1, -0.05) is 0 Å². The Morgan fingerprint density at radius 2 is 1.64 bits per heavy atom. The van der Waals surface area contributed by atoms with Gasteiger partial charge in [-0.3, -0.25) is 0 Å². The van der Waals surface area contributed by atoms with Crippen LogP contribution in [0.1, 0.15) is 17.0 Å². The van der Waals surface area contributed by atoms with Gasteiger partial charge in [0.25, 0.3) is 6.43 Å². The summed E-state index contributed by atoms with van der Waals surface area (Å²) in [6.07, 6.45) is -11.4. The Bertz CT molecular complexity index is 1140. The molecule has 3 aromatic rings. The Hall–Kier alpha value is -3.75. The Labute approximate surface area is 184 Å². The van der Waals surface area contributed by atoms with Crippen LogP contribution in [0, 0.1) is 11.3 Å². The van der Waals surface area contributed by atoms with E-state index in [0.29, 0.717) is 16.5 Å². The highest BCUT2D eigenvalue weighted by molar-refractivity contribution is 5.59. The van der Waals surface area contributed by atoms with Crippen molar-refractivity contribution >= 4 is 11.4 Å². The Morgan fingerprint density at radius 1 is 1.00 bits per heavy atom. The van der Waals surface area contributed by atoms with Gasteiger partial charge in [0.05, 0.1) is 23.7 Å². The molecule has 1 aromatic heterocycles. The van der Waals surface area contributed by atoms with Crippen LogP contribution in [-0.2, 0) is 12.7 Å². The zero-order chi connectivity index (χ0) is 24.3. The number of halogens is 6. The van der Waals surface area contributed by atoms with E-state index in [2.05, 4.69) is 10.2 Å². The summed E-state index contributed by atoms with van der Waals surface area (Å²) in [6, 6.07) is 10.4. The van der Waals surface area contributed by atoms with Gasteiger partial charge in [0.1, 0.15) is 0 Å². The van der Waals surface area contributed by atoms with Crippen LogP contribution in [0.2, 0.25) is 0 Å². The SMILES string of the molecule is CN(C)c1ccc(-c2nnc(CN(c3ccc(C#N)c(C(F)(F)F)c3)C(F)C(F)F)o2)cc1. The number of nitriles is 1. The molecule has 0 saturated heterocycles. The minimum absolute atomic E-state index is 0.0264. The fraction of sp³-hybridized carbons (Fsp3) is 0.286. The maximum atomic E-state index is 14.4. The maximum absolute atomic E-state index is 14.4. The summed E-state index contributed by atoms with van der Waals surface area (Å²) in [7, 11) is 3.69. The van der Waals surface area contributed by atoms with E-state index in [-0.39, 0.29) is 11.8 Å². The number of alkyl halides is 6. The zero-order valence-electron chi connectivity index (χ0n) is 17.3. The second-order valence-corrected chi connectivity index (χ2v) is 7.12. The number of hydrogen-bond acceptors (Lipinski definition) is 6. The second kappa shape index (κ2) is 9.40. The molecule has 174 valence electrons. The predicted octanol–water partition coefficient (Wildman–Crippen LogP) is 5.26. The number of benzene rings is 2. The molecule has 2 aromatic carbocycles. The van der Waals surface area contributed by atoms with Crippen molar-refractivity contribution in [3.05, 3.63) is 59.5 Å². The quantitative estimate of drug-likeness (QED) is 0.347. The molecule has 0 aliphatic rings. The second-order valence-electron chi connectivity index (χ2n) is 7.12. The Balaban J connectivity index is 1.94. The van der Waals surface area contributed by atoms with Gasteiger partial charge in [-0.15, -0.1) is 10.2 Å². The highest BCUT2D eigenvalue weighted by atomic mass is 19.4. The summed E-state index contributed by atoms with van der Waals surface area (Å²) in [6.45, 7) is -0.725. The number of anilines is 2. The van der Waals surface area contributed by atoms with Crippen LogP contribution in [-0.4, -0.2) is 37.0 Å². The lowest BCUT2D eigenvalue weighted by atomic mass is 10.1. The van der Waals surface area contributed by atoms with Gasteiger partial charge >= 0.3 is 6.18 Å². The van der Waals surface area contributed by atoms with Crippen LogP contribution < -0.4 is 9.80 Å². The van der Waals surface area contributed by atoms with Crippen molar-refractivity contribution in [2.45, 2.75) is 25.4 Å². The van der Waals surface area contributed by atoms with E-state index in [0.717, 1.165) is 17.8 Å². The number of rotatable bonds is 7. The zero-order valence-corrected chi connectivity index (χ0v) is 17.3. The van der Waals surface area contributed by atoms with Crippen LogP contribution in [0.15, 0.2) is 46.9 Å². The molecule has 0 aliphatic carbocycles. The lowest BCUT2D eigenvalue weighted by Gasteiger charge is -2.27. The molecular weight excluding hydrogens is 452 g/mol. The minimum atomic E-state index is -4.94. The topological polar surface area (TPSA) is 69.2 Å². The fourth-order valence-electron chi connectivity index (χ4n) is 2.98. The summed E-state index contributed by atoms with van der Waals surface area (Å²) in [5.41, 5.74) is -1.22. The van der Waals surface area contributed by atoms with E-state index < -0.39 is 42.3 Å². The molecule has 0 fully saturated rings. The molecule has 0 radical (unpaired) electrons. The molecule has 12 heteroatoms. The molecule has 0 aliphatic heterocycles. The summed E-state index contributed by atoms with van der Waals surface area (Å²) in [5.74, 6) is -0.263. The highest BCUT2D eigenvalue weighted by Gasteiger charge is 2.36. The van der Waals surface area contributed by atoms with Gasteiger partial charge < -0.3 is 14.2 Å². The lowest BCUT2D eigenvalue weighted by molar-refractivity contribution is -0.137. The van der Waals surface area contributed by atoms with E-state index in [1.165, 1.54) is 6.07 Å². The molecular formula is C21H17F6N5O. The first kappa shape index (κ1) is 23.9. The van der Waals surface area contributed by atoms with E-state index in [4.69, 9.17) is 9.68 Å². The average molecular weight is 469 g/mol. The first-order chi connectivity index (χ1) is 15.5. The van der Waals surface area contributed by atoms with Gasteiger partial charge in [-0.25, -0.2) is 13.2 Å². The summed E-state index contributed by atoms with van der Waals surface area (Å²) in [5, 5.41) is 16.4.